The Labute approximate surface area is 111 Å². The third-order valence-electron chi connectivity index (χ3n) is 3.46. The summed E-state index contributed by atoms with van der Waals surface area (Å²) in [5.41, 5.74) is 2.72. The Morgan fingerprint density at radius 1 is 1.28 bits per heavy atom. The number of carbonyl (C=O) groups is 1. The summed E-state index contributed by atoms with van der Waals surface area (Å²) in [6, 6.07) is 8.85. The summed E-state index contributed by atoms with van der Waals surface area (Å²) in [5.74, 6) is 0.892. The van der Waals surface area contributed by atoms with Crippen LogP contribution >= 0.6 is 0 Å². The van der Waals surface area contributed by atoms with Gasteiger partial charge in [-0.3, -0.25) is 4.79 Å². The van der Waals surface area contributed by atoms with Gasteiger partial charge in [0.25, 0.3) is 0 Å². The van der Waals surface area contributed by atoms with E-state index < -0.39 is 0 Å². The predicted octanol–water partition coefficient (Wildman–Crippen LogP) is 3.61. The number of ketones is 1. The lowest BCUT2D eigenvalue weighted by molar-refractivity contribution is -0.117. The fraction of sp³-hybridized carbons (Fsp3) is 0.562. The van der Waals surface area contributed by atoms with Gasteiger partial charge < -0.3 is 4.90 Å². The molecule has 2 heteroatoms. The predicted molar refractivity (Wildman–Crippen MR) is 76.8 cm³/mol. The average molecular weight is 247 g/mol. The second-order valence-corrected chi connectivity index (χ2v) is 5.24. The van der Waals surface area contributed by atoms with Gasteiger partial charge in [-0.15, -0.1) is 0 Å². The van der Waals surface area contributed by atoms with Crippen molar-refractivity contribution < 1.29 is 4.79 Å². The Bertz CT molecular complexity index is 369. The summed E-state index contributed by atoms with van der Waals surface area (Å²) in [7, 11) is 2.06. The van der Waals surface area contributed by atoms with Gasteiger partial charge >= 0.3 is 0 Å². The molecule has 18 heavy (non-hydrogen) atoms. The Balaban J connectivity index is 2.50. The van der Waals surface area contributed by atoms with Crippen LogP contribution in [0, 0.1) is 0 Å². The van der Waals surface area contributed by atoms with E-state index in [1.54, 1.807) is 6.92 Å². The van der Waals surface area contributed by atoms with Crippen LogP contribution in [-0.2, 0) is 11.3 Å². The summed E-state index contributed by atoms with van der Waals surface area (Å²) >= 11 is 0. The molecule has 0 radical (unpaired) electrons. The van der Waals surface area contributed by atoms with E-state index in [-0.39, 0.29) is 5.78 Å². The van der Waals surface area contributed by atoms with Gasteiger partial charge in [-0.2, -0.15) is 0 Å². The molecular formula is C16H25NO. The van der Waals surface area contributed by atoms with Crippen LogP contribution in [0.25, 0.3) is 0 Å². The van der Waals surface area contributed by atoms with E-state index in [0.29, 0.717) is 12.3 Å². The van der Waals surface area contributed by atoms with Crippen LogP contribution in [-0.4, -0.2) is 24.3 Å². The van der Waals surface area contributed by atoms with E-state index in [0.717, 1.165) is 13.1 Å². The van der Waals surface area contributed by atoms with Crippen LogP contribution in [0.4, 0.5) is 0 Å². The van der Waals surface area contributed by atoms with Crippen molar-refractivity contribution in [2.45, 2.75) is 46.1 Å². The monoisotopic (exact) mass is 247 g/mol. The number of benzene rings is 1. The lowest BCUT2D eigenvalue weighted by atomic mass is 9.97. The minimum Gasteiger partial charge on any atom is -0.302 e. The quantitative estimate of drug-likeness (QED) is 0.733. The fourth-order valence-electron chi connectivity index (χ4n) is 1.93. The molecule has 1 atom stereocenters. The Morgan fingerprint density at radius 3 is 2.39 bits per heavy atom. The summed E-state index contributed by atoms with van der Waals surface area (Å²) < 4.78 is 0. The molecule has 0 amide bonds. The van der Waals surface area contributed by atoms with E-state index in [1.807, 2.05) is 0 Å². The van der Waals surface area contributed by atoms with Crippen LogP contribution in [0.5, 0.6) is 0 Å². The fourth-order valence-corrected chi connectivity index (χ4v) is 1.93. The highest BCUT2D eigenvalue weighted by molar-refractivity contribution is 5.75. The zero-order valence-corrected chi connectivity index (χ0v) is 12.1. The first kappa shape index (κ1) is 14.9. The molecule has 0 bridgehead atoms. The average Bonchev–Trinajstić information content (AvgIpc) is 2.36. The molecule has 0 aliphatic carbocycles. The van der Waals surface area contributed by atoms with Crippen LogP contribution in [0.15, 0.2) is 24.3 Å². The van der Waals surface area contributed by atoms with Gasteiger partial charge in [-0.25, -0.2) is 0 Å². The van der Waals surface area contributed by atoms with E-state index in [1.165, 1.54) is 17.5 Å². The van der Waals surface area contributed by atoms with Gasteiger partial charge in [0, 0.05) is 19.5 Å². The normalized spacial score (nSPS) is 12.7. The van der Waals surface area contributed by atoms with Crippen molar-refractivity contribution in [3.8, 4) is 0 Å². The number of carbonyl (C=O) groups excluding carboxylic acids is 1. The van der Waals surface area contributed by atoms with Crippen molar-refractivity contribution in [1.29, 1.82) is 0 Å². The molecule has 1 aromatic carbocycles. The molecule has 0 N–H and O–H groups in total. The van der Waals surface area contributed by atoms with Crippen molar-refractivity contribution in [2.24, 2.45) is 0 Å². The van der Waals surface area contributed by atoms with E-state index >= 15 is 0 Å². The van der Waals surface area contributed by atoms with Crippen molar-refractivity contribution in [1.82, 2.24) is 4.90 Å². The van der Waals surface area contributed by atoms with E-state index in [9.17, 15) is 4.79 Å². The molecular weight excluding hydrogens is 222 g/mol. The molecule has 1 unspecified atom stereocenters. The van der Waals surface area contributed by atoms with Crippen molar-refractivity contribution in [3.63, 3.8) is 0 Å². The van der Waals surface area contributed by atoms with Crippen molar-refractivity contribution >= 4 is 5.78 Å². The Morgan fingerprint density at radius 2 is 1.89 bits per heavy atom. The lowest BCUT2D eigenvalue weighted by Crippen LogP contribution is -2.20. The number of Topliss-reactive ketones (excluding diaryl/α,β-unsaturated/α-hetero) is 1. The highest BCUT2D eigenvalue weighted by Gasteiger charge is 2.04. The third kappa shape index (κ3) is 5.01. The summed E-state index contributed by atoms with van der Waals surface area (Å²) in [6.07, 6.45) is 1.82. The second-order valence-electron chi connectivity index (χ2n) is 5.24. The van der Waals surface area contributed by atoms with Gasteiger partial charge in [0.15, 0.2) is 0 Å². The molecule has 0 heterocycles. The molecule has 0 fully saturated rings. The van der Waals surface area contributed by atoms with Crippen LogP contribution in [0.3, 0.4) is 0 Å². The molecule has 0 saturated carbocycles. The van der Waals surface area contributed by atoms with E-state index in [2.05, 4.69) is 50.1 Å². The SMILES string of the molecule is CCC(C)c1ccc(CN(C)CCC(C)=O)cc1. The number of hydrogen-bond acceptors (Lipinski definition) is 2. The highest BCUT2D eigenvalue weighted by atomic mass is 16.1. The van der Waals surface area contributed by atoms with E-state index in [4.69, 9.17) is 0 Å². The molecule has 1 aromatic rings. The first-order valence-corrected chi connectivity index (χ1v) is 6.79. The van der Waals surface area contributed by atoms with Crippen molar-refractivity contribution in [2.75, 3.05) is 13.6 Å². The highest BCUT2D eigenvalue weighted by Crippen LogP contribution is 2.19. The number of hydrogen-bond donors (Lipinski definition) is 0. The van der Waals surface area contributed by atoms with Gasteiger partial charge in [0.1, 0.15) is 5.78 Å². The molecule has 1 rings (SSSR count). The van der Waals surface area contributed by atoms with Crippen LogP contribution < -0.4 is 0 Å². The van der Waals surface area contributed by atoms with Crippen molar-refractivity contribution in [3.05, 3.63) is 35.4 Å². The lowest BCUT2D eigenvalue weighted by Gasteiger charge is -2.16. The summed E-state index contributed by atoms with van der Waals surface area (Å²) in [6.45, 7) is 7.87. The first-order chi connectivity index (χ1) is 8.52. The summed E-state index contributed by atoms with van der Waals surface area (Å²) in [4.78, 5) is 13.1. The molecule has 0 aliphatic rings. The second kappa shape index (κ2) is 7.32. The van der Waals surface area contributed by atoms with Gasteiger partial charge in [-0.05, 0) is 37.4 Å². The zero-order chi connectivity index (χ0) is 13.5. The minimum atomic E-state index is 0.258. The maximum atomic E-state index is 10.9. The Hall–Kier alpha value is -1.15. The summed E-state index contributed by atoms with van der Waals surface area (Å²) in [5, 5.41) is 0. The number of rotatable bonds is 7. The molecule has 0 saturated heterocycles. The minimum absolute atomic E-state index is 0.258. The first-order valence-electron chi connectivity index (χ1n) is 6.79. The standard InChI is InChI=1S/C16H25NO/c1-5-13(2)16-8-6-15(7-9-16)12-17(4)11-10-14(3)18/h6-9,13H,5,10-12H2,1-4H3. The number of nitrogens with zero attached hydrogens (tertiary/aromatic N) is 1. The topological polar surface area (TPSA) is 20.3 Å². The molecule has 2 nitrogen and oxygen atoms in total. The third-order valence-corrected chi connectivity index (χ3v) is 3.46. The largest absolute Gasteiger partial charge is 0.302 e. The van der Waals surface area contributed by atoms with Gasteiger partial charge in [0.05, 0.1) is 0 Å². The van der Waals surface area contributed by atoms with Gasteiger partial charge in [-0.1, -0.05) is 38.1 Å². The smallest absolute Gasteiger partial charge is 0.131 e. The molecule has 100 valence electrons. The van der Waals surface area contributed by atoms with Crippen LogP contribution in [0.2, 0.25) is 0 Å². The molecule has 0 spiro atoms. The zero-order valence-electron chi connectivity index (χ0n) is 12.1. The Kier molecular flexibility index (Phi) is 6.06. The maximum absolute atomic E-state index is 10.9. The maximum Gasteiger partial charge on any atom is 0.131 e. The van der Waals surface area contributed by atoms with Crippen LogP contribution in [0.1, 0.15) is 50.7 Å². The van der Waals surface area contributed by atoms with Gasteiger partial charge in [0.2, 0.25) is 0 Å². The molecule has 0 aromatic heterocycles. The molecule has 0 aliphatic heterocycles.